The van der Waals surface area contributed by atoms with Crippen molar-refractivity contribution < 1.29 is 13.2 Å². The van der Waals surface area contributed by atoms with Gasteiger partial charge in [0.1, 0.15) is 4.90 Å². The second-order valence-electron chi connectivity index (χ2n) is 4.89. The van der Waals surface area contributed by atoms with E-state index in [2.05, 4.69) is 5.32 Å². The highest BCUT2D eigenvalue weighted by atomic mass is 35.5. The standard InChI is InChI=1S/C11H15ClN2O3S/c1-11(2,3)10(15)14-7-4-5-9(8(12)6-7)18(13,16)17/h4-6H,1-3H3,(H,14,15)(H2,13,16,17). The molecule has 0 radical (unpaired) electrons. The molecule has 1 rings (SSSR count). The van der Waals surface area contributed by atoms with Crippen molar-refractivity contribution >= 4 is 33.2 Å². The van der Waals surface area contributed by atoms with Crippen LogP contribution in [-0.2, 0) is 14.8 Å². The van der Waals surface area contributed by atoms with Crippen LogP contribution in [0.3, 0.4) is 0 Å². The summed E-state index contributed by atoms with van der Waals surface area (Å²) >= 11 is 5.80. The number of benzene rings is 1. The van der Waals surface area contributed by atoms with E-state index in [0.29, 0.717) is 5.69 Å². The topological polar surface area (TPSA) is 89.3 Å². The maximum atomic E-state index is 11.7. The highest BCUT2D eigenvalue weighted by molar-refractivity contribution is 7.89. The summed E-state index contributed by atoms with van der Waals surface area (Å²) in [5, 5.41) is 7.60. The molecule has 0 aliphatic carbocycles. The van der Waals surface area contributed by atoms with E-state index in [-0.39, 0.29) is 15.8 Å². The number of halogens is 1. The Morgan fingerprint density at radius 3 is 2.28 bits per heavy atom. The molecule has 7 heteroatoms. The number of nitrogens with one attached hydrogen (secondary N) is 1. The summed E-state index contributed by atoms with van der Waals surface area (Å²) in [5.74, 6) is -0.193. The van der Waals surface area contributed by atoms with E-state index in [1.54, 1.807) is 20.8 Å². The van der Waals surface area contributed by atoms with Gasteiger partial charge in [-0.15, -0.1) is 0 Å². The molecular weight excluding hydrogens is 276 g/mol. The lowest BCUT2D eigenvalue weighted by atomic mass is 9.95. The van der Waals surface area contributed by atoms with Crippen LogP contribution in [0.5, 0.6) is 0 Å². The van der Waals surface area contributed by atoms with Crippen molar-refractivity contribution in [2.45, 2.75) is 25.7 Å². The fourth-order valence-corrected chi connectivity index (χ4v) is 2.22. The van der Waals surface area contributed by atoms with Gasteiger partial charge in [0.15, 0.2) is 0 Å². The van der Waals surface area contributed by atoms with Crippen LogP contribution < -0.4 is 10.5 Å². The van der Waals surface area contributed by atoms with Crippen LogP contribution in [0.2, 0.25) is 5.02 Å². The summed E-state index contributed by atoms with van der Waals surface area (Å²) in [6, 6.07) is 4.05. The first-order valence-corrected chi connectivity index (χ1v) is 7.08. The molecule has 0 aliphatic rings. The minimum Gasteiger partial charge on any atom is -0.326 e. The normalized spacial score (nSPS) is 12.3. The molecule has 0 bridgehead atoms. The van der Waals surface area contributed by atoms with Crippen LogP contribution in [-0.4, -0.2) is 14.3 Å². The zero-order valence-electron chi connectivity index (χ0n) is 10.3. The second-order valence-corrected chi connectivity index (χ2v) is 6.83. The third-order valence-electron chi connectivity index (χ3n) is 2.18. The Labute approximate surface area is 111 Å². The van der Waals surface area contributed by atoms with Gasteiger partial charge in [-0.2, -0.15) is 0 Å². The lowest BCUT2D eigenvalue weighted by Gasteiger charge is -2.18. The summed E-state index contributed by atoms with van der Waals surface area (Å²) in [5.41, 5.74) is -0.127. The first kappa shape index (κ1) is 14.9. The number of sulfonamides is 1. The lowest BCUT2D eigenvalue weighted by molar-refractivity contribution is -0.123. The fourth-order valence-electron chi connectivity index (χ4n) is 1.13. The van der Waals surface area contributed by atoms with E-state index in [4.69, 9.17) is 16.7 Å². The summed E-state index contributed by atoms with van der Waals surface area (Å²) < 4.78 is 22.3. The molecule has 3 N–H and O–H groups in total. The molecule has 18 heavy (non-hydrogen) atoms. The van der Waals surface area contributed by atoms with E-state index < -0.39 is 15.4 Å². The number of carbonyl (C=O) groups excluding carboxylic acids is 1. The van der Waals surface area contributed by atoms with Crippen molar-refractivity contribution in [2.75, 3.05) is 5.32 Å². The number of primary sulfonamides is 1. The van der Waals surface area contributed by atoms with Crippen molar-refractivity contribution in [1.82, 2.24) is 0 Å². The molecule has 1 aromatic carbocycles. The lowest BCUT2D eigenvalue weighted by Crippen LogP contribution is -2.27. The number of anilines is 1. The minimum atomic E-state index is -3.85. The molecule has 0 aromatic heterocycles. The van der Waals surface area contributed by atoms with Gasteiger partial charge in [0.2, 0.25) is 15.9 Å². The van der Waals surface area contributed by atoms with Gasteiger partial charge >= 0.3 is 0 Å². The maximum Gasteiger partial charge on any atom is 0.239 e. The predicted octanol–water partition coefficient (Wildman–Crippen LogP) is 1.97. The average Bonchev–Trinajstić information content (AvgIpc) is 2.13. The van der Waals surface area contributed by atoms with Crippen molar-refractivity contribution in [3.63, 3.8) is 0 Å². The number of nitrogens with two attached hydrogens (primary N) is 1. The van der Waals surface area contributed by atoms with Crippen molar-refractivity contribution in [3.8, 4) is 0 Å². The van der Waals surface area contributed by atoms with E-state index in [1.807, 2.05) is 0 Å². The number of rotatable bonds is 2. The van der Waals surface area contributed by atoms with Crippen LogP contribution in [0, 0.1) is 5.41 Å². The molecule has 0 atom stereocenters. The van der Waals surface area contributed by atoms with Crippen molar-refractivity contribution in [3.05, 3.63) is 23.2 Å². The fraction of sp³-hybridized carbons (Fsp3) is 0.364. The predicted molar refractivity (Wildman–Crippen MR) is 70.9 cm³/mol. The molecule has 0 saturated heterocycles. The van der Waals surface area contributed by atoms with Crippen LogP contribution in [0.25, 0.3) is 0 Å². The van der Waals surface area contributed by atoms with Crippen LogP contribution in [0.1, 0.15) is 20.8 Å². The zero-order valence-corrected chi connectivity index (χ0v) is 11.9. The molecule has 0 fully saturated rings. The zero-order chi connectivity index (χ0) is 14.1. The van der Waals surface area contributed by atoms with Crippen LogP contribution in [0.4, 0.5) is 5.69 Å². The number of hydrogen-bond donors (Lipinski definition) is 2. The molecule has 5 nitrogen and oxygen atoms in total. The third kappa shape index (κ3) is 3.69. The number of amides is 1. The van der Waals surface area contributed by atoms with Gasteiger partial charge in [0, 0.05) is 11.1 Å². The summed E-state index contributed by atoms with van der Waals surface area (Å²) in [7, 11) is -3.85. The molecule has 0 heterocycles. The van der Waals surface area contributed by atoms with Crippen molar-refractivity contribution in [2.24, 2.45) is 10.6 Å². The molecule has 1 amide bonds. The largest absolute Gasteiger partial charge is 0.326 e. The highest BCUT2D eigenvalue weighted by Gasteiger charge is 2.21. The first-order valence-electron chi connectivity index (χ1n) is 5.15. The smallest absolute Gasteiger partial charge is 0.239 e. The SMILES string of the molecule is CC(C)(C)C(=O)Nc1ccc(S(N)(=O)=O)c(Cl)c1. The first-order chi connectivity index (χ1) is 8.01. The monoisotopic (exact) mass is 290 g/mol. The molecule has 0 aliphatic heterocycles. The Morgan fingerprint density at radius 1 is 1.33 bits per heavy atom. The van der Waals surface area contributed by atoms with Crippen molar-refractivity contribution in [1.29, 1.82) is 0 Å². The Kier molecular flexibility index (Phi) is 4.05. The molecular formula is C11H15ClN2O3S. The van der Waals surface area contributed by atoms with Gasteiger partial charge in [-0.25, -0.2) is 13.6 Å². The molecule has 100 valence electrons. The molecule has 0 saturated carbocycles. The van der Waals surface area contributed by atoms with Gasteiger partial charge in [-0.05, 0) is 18.2 Å². The quantitative estimate of drug-likeness (QED) is 0.872. The molecule has 0 spiro atoms. The second kappa shape index (κ2) is 4.87. The summed E-state index contributed by atoms with van der Waals surface area (Å²) in [4.78, 5) is 11.6. The van der Waals surface area contributed by atoms with E-state index in [9.17, 15) is 13.2 Å². The van der Waals surface area contributed by atoms with Gasteiger partial charge in [0.25, 0.3) is 0 Å². The summed E-state index contributed by atoms with van der Waals surface area (Å²) in [6.45, 7) is 5.30. The highest BCUT2D eigenvalue weighted by Crippen LogP contribution is 2.25. The average molecular weight is 291 g/mol. The van der Waals surface area contributed by atoms with E-state index >= 15 is 0 Å². The summed E-state index contributed by atoms with van der Waals surface area (Å²) in [6.07, 6.45) is 0. The third-order valence-corrected chi connectivity index (χ3v) is 3.57. The van der Waals surface area contributed by atoms with E-state index in [0.717, 1.165) is 0 Å². The molecule has 0 unspecified atom stereocenters. The number of hydrogen-bond acceptors (Lipinski definition) is 3. The Morgan fingerprint density at radius 2 is 1.89 bits per heavy atom. The van der Waals surface area contributed by atoms with Gasteiger partial charge in [0.05, 0.1) is 5.02 Å². The minimum absolute atomic E-state index is 0.0239. The Hall–Kier alpha value is -1.11. The van der Waals surface area contributed by atoms with Crippen LogP contribution >= 0.6 is 11.6 Å². The van der Waals surface area contributed by atoms with Gasteiger partial charge in [-0.3, -0.25) is 4.79 Å². The Balaban J connectivity index is 3.04. The van der Waals surface area contributed by atoms with Gasteiger partial charge in [-0.1, -0.05) is 32.4 Å². The Bertz CT molecular complexity index is 576. The van der Waals surface area contributed by atoms with Gasteiger partial charge < -0.3 is 5.32 Å². The number of carbonyl (C=O) groups is 1. The maximum absolute atomic E-state index is 11.7. The molecule has 1 aromatic rings. The van der Waals surface area contributed by atoms with Crippen LogP contribution in [0.15, 0.2) is 23.1 Å². The van der Waals surface area contributed by atoms with E-state index in [1.165, 1.54) is 18.2 Å².